The number of nitrogens with two attached hydrogens (primary N) is 1. The van der Waals surface area contributed by atoms with E-state index in [9.17, 15) is 0 Å². The Labute approximate surface area is 93.0 Å². The van der Waals surface area contributed by atoms with Gasteiger partial charge in [-0.3, -0.25) is 4.90 Å². The normalized spacial score (nSPS) is 39.2. The third kappa shape index (κ3) is 2.92. The van der Waals surface area contributed by atoms with Crippen molar-refractivity contribution in [3.05, 3.63) is 0 Å². The number of hydrogen-bond acceptors (Lipinski definition) is 3. The molecule has 0 radical (unpaired) electrons. The van der Waals surface area contributed by atoms with E-state index in [1.807, 2.05) is 7.11 Å². The van der Waals surface area contributed by atoms with Crippen LogP contribution in [0.1, 0.15) is 38.5 Å². The van der Waals surface area contributed by atoms with E-state index >= 15 is 0 Å². The predicted octanol–water partition coefficient (Wildman–Crippen LogP) is 1.37. The summed E-state index contributed by atoms with van der Waals surface area (Å²) < 4.78 is 5.48. The van der Waals surface area contributed by atoms with Crippen LogP contribution in [0.4, 0.5) is 0 Å². The first-order chi connectivity index (χ1) is 7.29. The van der Waals surface area contributed by atoms with Gasteiger partial charge in [0, 0.05) is 25.7 Å². The molecule has 1 aliphatic heterocycles. The van der Waals surface area contributed by atoms with E-state index in [0.717, 1.165) is 12.6 Å². The summed E-state index contributed by atoms with van der Waals surface area (Å²) in [6, 6.07) is 1.14. The zero-order chi connectivity index (χ0) is 10.7. The number of ether oxygens (including phenoxy) is 1. The van der Waals surface area contributed by atoms with Gasteiger partial charge in [0.15, 0.2) is 0 Å². The molecular formula is C12H24N2O. The molecule has 0 bridgehead atoms. The molecule has 0 aromatic heterocycles. The summed E-state index contributed by atoms with van der Waals surface area (Å²) in [5, 5.41) is 0. The summed E-state index contributed by atoms with van der Waals surface area (Å²) in [5.41, 5.74) is 6.03. The lowest BCUT2D eigenvalue weighted by atomic mass is 9.90. The molecule has 3 nitrogen and oxygen atoms in total. The van der Waals surface area contributed by atoms with Crippen LogP contribution < -0.4 is 5.73 Å². The maximum atomic E-state index is 6.03. The summed E-state index contributed by atoms with van der Waals surface area (Å²) >= 11 is 0. The van der Waals surface area contributed by atoms with Crippen molar-refractivity contribution in [2.75, 3.05) is 20.2 Å². The molecule has 0 amide bonds. The molecule has 88 valence electrons. The van der Waals surface area contributed by atoms with Crippen molar-refractivity contribution in [1.82, 2.24) is 4.90 Å². The van der Waals surface area contributed by atoms with Gasteiger partial charge in [-0.25, -0.2) is 0 Å². The van der Waals surface area contributed by atoms with Gasteiger partial charge in [-0.15, -0.1) is 0 Å². The summed E-state index contributed by atoms with van der Waals surface area (Å²) in [5.74, 6) is 0. The largest absolute Gasteiger partial charge is 0.381 e. The fourth-order valence-electron chi connectivity index (χ4n) is 3.04. The zero-order valence-electron chi connectivity index (χ0n) is 9.82. The van der Waals surface area contributed by atoms with Crippen molar-refractivity contribution in [3.63, 3.8) is 0 Å². The first-order valence-electron chi connectivity index (χ1n) is 6.32. The van der Waals surface area contributed by atoms with Crippen molar-refractivity contribution in [1.29, 1.82) is 0 Å². The molecule has 2 rings (SSSR count). The van der Waals surface area contributed by atoms with Crippen molar-refractivity contribution in [2.45, 2.75) is 56.7 Å². The van der Waals surface area contributed by atoms with Gasteiger partial charge in [0.1, 0.15) is 0 Å². The van der Waals surface area contributed by atoms with E-state index in [1.165, 1.54) is 45.1 Å². The van der Waals surface area contributed by atoms with Crippen LogP contribution in [0, 0.1) is 0 Å². The quantitative estimate of drug-likeness (QED) is 0.751. The number of piperidine rings is 1. The fourth-order valence-corrected chi connectivity index (χ4v) is 3.04. The molecule has 0 aromatic carbocycles. The van der Waals surface area contributed by atoms with Crippen LogP contribution in [0.5, 0.6) is 0 Å². The highest BCUT2D eigenvalue weighted by Gasteiger charge is 2.29. The van der Waals surface area contributed by atoms with E-state index in [1.54, 1.807) is 0 Å². The second kappa shape index (κ2) is 5.28. The van der Waals surface area contributed by atoms with Gasteiger partial charge in [0.2, 0.25) is 0 Å². The Balaban J connectivity index is 1.86. The highest BCUT2D eigenvalue weighted by molar-refractivity contribution is 4.85. The van der Waals surface area contributed by atoms with Gasteiger partial charge in [0.25, 0.3) is 0 Å². The van der Waals surface area contributed by atoms with E-state index in [-0.39, 0.29) is 0 Å². The van der Waals surface area contributed by atoms with Crippen LogP contribution in [-0.4, -0.2) is 43.3 Å². The molecule has 2 N–H and O–H groups in total. The Morgan fingerprint density at radius 1 is 1.20 bits per heavy atom. The van der Waals surface area contributed by atoms with Crippen LogP contribution in [0.3, 0.4) is 0 Å². The lowest BCUT2D eigenvalue weighted by Gasteiger charge is -2.40. The van der Waals surface area contributed by atoms with E-state index in [0.29, 0.717) is 12.1 Å². The SMILES string of the molecule is COC1CCCC(N2CCCC(N)C2)C1. The van der Waals surface area contributed by atoms with Crippen LogP contribution >= 0.6 is 0 Å². The molecule has 1 saturated carbocycles. The Morgan fingerprint density at radius 3 is 2.80 bits per heavy atom. The first-order valence-corrected chi connectivity index (χ1v) is 6.32. The highest BCUT2D eigenvalue weighted by atomic mass is 16.5. The van der Waals surface area contributed by atoms with Crippen LogP contribution in [0.25, 0.3) is 0 Å². The first kappa shape index (κ1) is 11.4. The predicted molar refractivity (Wildman–Crippen MR) is 61.8 cm³/mol. The second-order valence-corrected chi connectivity index (χ2v) is 5.08. The summed E-state index contributed by atoms with van der Waals surface area (Å²) in [6.07, 6.45) is 8.08. The third-order valence-corrected chi connectivity index (χ3v) is 3.94. The zero-order valence-corrected chi connectivity index (χ0v) is 9.82. The maximum Gasteiger partial charge on any atom is 0.0586 e. The molecule has 0 spiro atoms. The molecule has 0 aromatic rings. The van der Waals surface area contributed by atoms with Crippen LogP contribution in [0.2, 0.25) is 0 Å². The smallest absolute Gasteiger partial charge is 0.0586 e. The highest BCUT2D eigenvalue weighted by Crippen LogP contribution is 2.26. The maximum absolute atomic E-state index is 6.03. The van der Waals surface area contributed by atoms with E-state index < -0.39 is 0 Å². The van der Waals surface area contributed by atoms with Crippen molar-refractivity contribution in [3.8, 4) is 0 Å². The molecule has 3 unspecified atom stereocenters. The summed E-state index contributed by atoms with van der Waals surface area (Å²) in [6.45, 7) is 2.34. The number of nitrogens with zero attached hydrogens (tertiary/aromatic N) is 1. The number of likely N-dealkylation sites (tertiary alicyclic amines) is 1. The molecule has 3 heteroatoms. The number of hydrogen-bond donors (Lipinski definition) is 1. The van der Waals surface area contributed by atoms with E-state index in [2.05, 4.69) is 4.90 Å². The summed E-state index contributed by atoms with van der Waals surface area (Å²) in [4.78, 5) is 2.60. The van der Waals surface area contributed by atoms with Crippen molar-refractivity contribution in [2.24, 2.45) is 5.73 Å². The lowest BCUT2D eigenvalue weighted by Crippen LogP contribution is -2.49. The molecular weight excluding hydrogens is 188 g/mol. The Bertz CT molecular complexity index is 198. The average molecular weight is 212 g/mol. The van der Waals surface area contributed by atoms with Crippen molar-refractivity contribution >= 4 is 0 Å². The minimum absolute atomic E-state index is 0.404. The Kier molecular flexibility index (Phi) is 4.00. The third-order valence-electron chi connectivity index (χ3n) is 3.94. The van der Waals surface area contributed by atoms with Gasteiger partial charge >= 0.3 is 0 Å². The van der Waals surface area contributed by atoms with E-state index in [4.69, 9.17) is 10.5 Å². The lowest BCUT2D eigenvalue weighted by molar-refractivity contribution is 0.0204. The van der Waals surface area contributed by atoms with Gasteiger partial charge in [-0.1, -0.05) is 0 Å². The molecule has 15 heavy (non-hydrogen) atoms. The molecule has 1 saturated heterocycles. The average Bonchev–Trinajstić information content (AvgIpc) is 2.29. The number of rotatable bonds is 2. The Morgan fingerprint density at radius 2 is 2.07 bits per heavy atom. The molecule has 2 aliphatic rings. The molecule has 1 heterocycles. The van der Waals surface area contributed by atoms with Crippen LogP contribution in [0.15, 0.2) is 0 Å². The van der Waals surface area contributed by atoms with Gasteiger partial charge in [0.05, 0.1) is 6.10 Å². The second-order valence-electron chi connectivity index (χ2n) is 5.08. The molecule has 1 aliphatic carbocycles. The standard InChI is InChI=1S/C12H24N2O/c1-15-12-6-2-5-11(8-12)14-7-3-4-10(13)9-14/h10-12H,2-9,13H2,1H3. The Hall–Kier alpha value is -0.120. The summed E-state index contributed by atoms with van der Waals surface area (Å²) in [7, 11) is 1.84. The monoisotopic (exact) mass is 212 g/mol. The number of methoxy groups -OCH3 is 1. The molecule has 3 atom stereocenters. The van der Waals surface area contributed by atoms with Gasteiger partial charge in [-0.2, -0.15) is 0 Å². The van der Waals surface area contributed by atoms with Gasteiger partial charge in [-0.05, 0) is 45.1 Å². The molecule has 2 fully saturated rings. The minimum Gasteiger partial charge on any atom is -0.381 e. The van der Waals surface area contributed by atoms with Crippen molar-refractivity contribution < 1.29 is 4.74 Å². The van der Waals surface area contributed by atoms with Crippen LogP contribution in [-0.2, 0) is 4.74 Å². The minimum atomic E-state index is 0.404. The topological polar surface area (TPSA) is 38.5 Å². The fraction of sp³-hybridized carbons (Fsp3) is 1.00. The van der Waals surface area contributed by atoms with Gasteiger partial charge < -0.3 is 10.5 Å².